The summed E-state index contributed by atoms with van der Waals surface area (Å²) in [6.45, 7) is 2.86. The van der Waals surface area contributed by atoms with E-state index in [4.69, 9.17) is 47.8 Å². The normalized spacial score (nSPS) is 8.00. The molecule has 0 aromatic carbocycles. The van der Waals surface area contributed by atoms with Gasteiger partial charge in [-0.1, -0.05) is 0 Å². The van der Waals surface area contributed by atoms with Gasteiger partial charge in [-0.25, -0.2) is 37.3 Å². The molecule has 0 amide bonds. The van der Waals surface area contributed by atoms with E-state index in [2.05, 4.69) is 40.8 Å². The molecule has 0 unspecified atom stereocenters. The van der Waals surface area contributed by atoms with Crippen molar-refractivity contribution in [2.45, 2.75) is 13.8 Å². The van der Waals surface area contributed by atoms with E-state index in [0.717, 1.165) is 0 Å². The molecule has 4 aromatic heterocycles. The van der Waals surface area contributed by atoms with Gasteiger partial charge in [0.25, 0.3) is 0 Å². The van der Waals surface area contributed by atoms with Crippen molar-refractivity contribution in [1.82, 2.24) is 40.8 Å². The van der Waals surface area contributed by atoms with Crippen LogP contribution >= 0.6 is 0 Å². The van der Waals surface area contributed by atoms with E-state index in [1.165, 1.54) is 13.8 Å². The molecule has 0 saturated heterocycles. The Labute approximate surface area is 225 Å². The SMILES string of the molecule is CC#N.CC#N.[Ni+2].[O-][Cl+3]([O-])([O-])[O-].[O-][Cl+3]([O-])([O-])[O-].c1cn[nH]c1.c1cn[nH]c1.c1cn[nH]c1.c1cn[nH]c1. The number of nitriles is 2. The summed E-state index contributed by atoms with van der Waals surface area (Å²) in [6.07, 6.45) is 13.8. The van der Waals surface area contributed by atoms with Gasteiger partial charge >= 0.3 is 16.5 Å². The Hall–Kier alpha value is -3.43. The monoisotopic (exact) mass is 610 g/mol. The largest absolute Gasteiger partial charge is 2.00 e. The molecule has 0 saturated carbocycles. The molecule has 37 heavy (non-hydrogen) atoms. The molecule has 0 aliphatic heterocycles. The van der Waals surface area contributed by atoms with E-state index in [1.54, 1.807) is 61.7 Å². The van der Waals surface area contributed by atoms with Crippen LogP contribution in [-0.2, 0) is 16.5 Å². The molecule has 21 heteroatoms. The van der Waals surface area contributed by atoms with Gasteiger partial charge in [0.15, 0.2) is 0 Å². The molecule has 0 aliphatic rings. The summed E-state index contributed by atoms with van der Waals surface area (Å²) in [5.74, 6) is 0. The number of aromatic nitrogens is 8. The molecule has 208 valence electrons. The van der Waals surface area contributed by atoms with Crippen molar-refractivity contribution in [3.8, 4) is 12.1 Å². The minimum atomic E-state index is -4.94. The quantitative estimate of drug-likeness (QED) is 0.134. The third kappa shape index (κ3) is 111. The molecule has 0 radical (unpaired) electrons. The molecule has 0 bridgehead atoms. The number of rotatable bonds is 0. The smallest absolute Gasteiger partial charge is 0.286 e. The molecule has 0 atom stereocenters. The molecular weight excluding hydrogens is 590 g/mol. The number of hydrogen-bond donors (Lipinski definition) is 4. The number of nitrogens with zero attached hydrogens (tertiary/aromatic N) is 6. The summed E-state index contributed by atoms with van der Waals surface area (Å²) >= 11 is 0. The molecule has 18 nitrogen and oxygen atoms in total. The third-order valence-electron chi connectivity index (χ3n) is 1.62. The van der Waals surface area contributed by atoms with E-state index in [0.29, 0.717) is 0 Å². The summed E-state index contributed by atoms with van der Waals surface area (Å²) in [5.41, 5.74) is 0. The number of hydrogen-bond acceptors (Lipinski definition) is 14. The Balaban J connectivity index is -0.000000106. The molecule has 0 fully saturated rings. The first-order valence-corrected chi connectivity index (χ1v) is 10.9. The number of H-pyrrole nitrogens is 4. The predicted octanol–water partition coefficient (Wildman–Crippen LogP) is -6.82. The van der Waals surface area contributed by atoms with Gasteiger partial charge in [-0.2, -0.15) is 30.9 Å². The van der Waals surface area contributed by atoms with Crippen molar-refractivity contribution in [2.75, 3.05) is 0 Å². The maximum Gasteiger partial charge on any atom is 2.00 e. The summed E-state index contributed by atoms with van der Waals surface area (Å²) in [4.78, 5) is 0. The van der Waals surface area contributed by atoms with Crippen molar-refractivity contribution >= 4 is 0 Å². The first-order valence-electron chi connectivity index (χ1n) is 8.43. The first kappa shape index (κ1) is 43.6. The van der Waals surface area contributed by atoms with E-state index < -0.39 is 20.5 Å². The number of halogens is 2. The Morgan fingerprint density at radius 1 is 0.514 bits per heavy atom. The maximum atomic E-state index is 8.49. The van der Waals surface area contributed by atoms with E-state index in [1.807, 2.05) is 24.3 Å². The van der Waals surface area contributed by atoms with Gasteiger partial charge in [-0.3, -0.25) is 20.4 Å². The second kappa shape index (κ2) is 34.7. The molecule has 4 rings (SSSR count). The Morgan fingerprint density at radius 3 is 0.676 bits per heavy atom. The first-order chi connectivity index (χ1) is 16.8. The van der Waals surface area contributed by atoms with Crippen molar-refractivity contribution in [2.24, 2.45) is 0 Å². The molecular formula is C16H22Cl2N10NiO8. The van der Waals surface area contributed by atoms with E-state index >= 15 is 0 Å². The van der Waals surface area contributed by atoms with Gasteiger partial charge in [0, 0.05) is 63.4 Å². The maximum absolute atomic E-state index is 8.49. The summed E-state index contributed by atoms with van der Waals surface area (Å²) in [7, 11) is -9.89. The fourth-order valence-electron chi connectivity index (χ4n) is 0.861. The average molecular weight is 612 g/mol. The van der Waals surface area contributed by atoms with E-state index in [9.17, 15) is 0 Å². The minimum absolute atomic E-state index is 0. The van der Waals surface area contributed by atoms with Crippen LogP contribution < -0.4 is 37.3 Å². The van der Waals surface area contributed by atoms with Crippen LogP contribution in [0.4, 0.5) is 0 Å². The van der Waals surface area contributed by atoms with Gasteiger partial charge < -0.3 is 0 Å². The van der Waals surface area contributed by atoms with Crippen molar-refractivity contribution < 1.29 is 74.2 Å². The Bertz CT molecular complexity index is 684. The fraction of sp³-hybridized carbons (Fsp3) is 0.125. The second-order valence-corrected chi connectivity index (χ2v) is 5.78. The third-order valence-corrected chi connectivity index (χ3v) is 1.62. The van der Waals surface area contributed by atoms with Crippen molar-refractivity contribution in [1.29, 1.82) is 10.5 Å². The standard InChI is InChI=1S/4C3H4N2.2C2H3N.2ClHO4.Ni/c4*1-2-4-5-3-1;2*1-2-3;2*2-1(3,4)5;/h4*1-3H,(H,4,5);2*1H3;2*(H,2,3,4,5);/q;;;;;;;;+2/p-2. The van der Waals surface area contributed by atoms with Crippen molar-refractivity contribution in [3.05, 3.63) is 73.8 Å². The Kier molecular flexibility index (Phi) is 41.0. The second-order valence-electron chi connectivity index (χ2n) is 4.27. The zero-order chi connectivity index (χ0) is 28.6. The molecule has 4 N–H and O–H groups in total. The van der Waals surface area contributed by atoms with Crippen molar-refractivity contribution in [3.63, 3.8) is 0 Å². The van der Waals surface area contributed by atoms with Gasteiger partial charge in [-0.05, 0) is 24.3 Å². The fourth-order valence-corrected chi connectivity index (χ4v) is 0.861. The van der Waals surface area contributed by atoms with Gasteiger partial charge in [0.2, 0.25) is 0 Å². The summed E-state index contributed by atoms with van der Waals surface area (Å²) < 4.78 is 67.9. The average Bonchev–Trinajstić information content (AvgIpc) is 3.59. The van der Waals surface area contributed by atoms with Gasteiger partial charge in [-0.15, -0.1) is 20.5 Å². The molecule has 0 spiro atoms. The van der Waals surface area contributed by atoms with Crippen LogP contribution in [0.25, 0.3) is 0 Å². The number of nitrogens with one attached hydrogen (secondary N) is 4. The molecule has 0 aliphatic carbocycles. The zero-order valence-electron chi connectivity index (χ0n) is 18.9. The van der Waals surface area contributed by atoms with Crippen LogP contribution in [0.5, 0.6) is 0 Å². The van der Waals surface area contributed by atoms with Gasteiger partial charge in [0.05, 0.1) is 12.1 Å². The topological polar surface area (TPSA) is 347 Å². The van der Waals surface area contributed by atoms with Crippen LogP contribution in [0.2, 0.25) is 0 Å². The molecule has 4 heterocycles. The number of aromatic amines is 4. The predicted molar refractivity (Wildman–Crippen MR) is 96.9 cm³/mol. The van der Waals surface area contributed by atoms with Crippen LogP contribution in [0.1, 0.15) is 13.8 Å². The molecule has 4 aromatic rings. The van der Waals surface area contributed by atoms with Crippen LogP contribution in [0.15, 0.2) is 73.8 Å². The van der Waals surface area contributed by atoms with Crippen LogP contribution in [-0.4, -0.2) is 40.8 Å². The Morgan fingerprint density at radius 2 is 0.649 bits per heavy atom. The van der Waals surface area contributed by atoms with Crippen LogP contribution in [0.3, 0.4) is 0 Å². The van der Waals surface area contributed by atoms with Crippen LogP contribution in [0, 0.1) is 43.1 Å². The van der Waals surface area contributed by atoms with E-state index in [-0.39, 0.29) is 16.5 Å². The summed E-state index contributed by atoms with van der Waals surface area (Å²) in [6, 6.07) is 10.8. The zero-order valence-corrected chi connectivity index (χ0v) is 21.4. The summed E-state index contributed by atoms with van der Waals surface area (Å²) in [5, 5.41) is 39.5. The minimum Gasteiger partial charge on any atom is -0.286 e. The van der Waals surface area contributed by atoms with Gasteiger partial charge in [0.1, 0.15) is 0 Å².